The van der Waals surface area contributed by atoms with Crippen molar-refractivity contribution in [3.8, 4) is 5.75 Å². The van der Waals surface area contributed by atoms with E-state index in [0.717, 1.165) is 25.2 Å². The number of rotatable bonds is 4. The third-order valence-corrected chi connectivity index (χ3v) is 4.40. The first-order valence-corrected chi connectivity index (χ1v) is 7.67. The number of benzene rings is 2. The second-order valence-electron chi connectivity index (χ2n) is 5.91. The topological polar surface area (TPSA) is 21.3 Å². The number of nitrogens with one attached hydrogen (secondary N) is 1. The van der Waals surface area contributed by atoms with Crippen LogP contribution in [0.3, 0.4) is 0 Å². The van der Waals surface area contributed by atoms with Crippen molar-refractivity contribution in [2.75, 3.05) is 13.7 Å². The highest BCUT2D eigenvalue weighted by Crippen LogP contribution is 2.35. The first-order valence-electron chi connectivity index (χ1n) is 7.67. The molecule has 0 aromatic heterocycles. The SMILES string of the molecule is CNC(Cc1cc(C)ccc1C)c1cccc2c1OCC2. The summed E-state index contributed by atoms with van der Waals surface area (Å²) in [6.07, 6.45) is 2.02. The van der Waals surface area contributed by atoms with Crippen LogP contribution in [0, 0.1) is 13.8 Å². The quantitative estimate of drug-likeness (QED) is 0.921. The van der Waals surface area contributed by atoms with Crippen LogP contribution in [0.1, 0.15) is 33.9 Å². The molecule has 2 heteroatoms. The maximum absolute atomic E-state index is 5.86. The molecule has 1 atom stereocenters. The lowest BCUT2D eigenvalue weighted by Crippen LogP contribution is -2.20. The van der Waals surface area contributed by atoms with Crippen molar-refractivity contribution >= 4 is 0 Å². The lowest BCUT2D eigenvalue weighted by atomic mass is 9.93. The summed E-state index contributed by atoms with van der Waals surface area (Å²) in [5.74, 6) is 1.10. The largest absolute Gasteiger partial charge is 0.493 e. The van der Waals surface area contributed by atoms with Crippen molar-refractivity contribution in [1.29, 1.82) is 0 Å². The van der Waals surface area contributed by atoms with Gasteiger partial charge in [0.05, 0.1) is 6.61 Å². The predicted octanol–water partition coefficient (Wildman–Crippen LogP) is 3.74. The van der Waals surface area contributed by atoms with Gasteiger partial charge in [-0.15, -0.1) is 0 Å². The van der Waals surface area contributed by atoms with Gasteiger partial charge in [-0.2, -0.15) is 0 Å². The Morgan fingerprint density at radius 2 is 2.05 bits per heavy atom. The van der Waals surface area contributed by atoms with Gasteiger partial charge in [-0.1, -0.05) is 42.0 Å². The molecule has 2 aromatic rings. The molecule has 110 valence electrons. The van der Waals surface area contributed by atoms with Crippen LogP contribution in [-0.2, 0) is 12.8 Å². The molecule has 0 saturated heterocycles. The number of fused-ring (bicyclic) bond motifs is 1. The van der Waals surface area contributed by atoms with Crippen molar-refractivity contribution in [2.24, 2.45) is 0 Å². The van der Waals surface area contributed by atoms with Crippen LogP contribution in [0.5, 0.6) is 5.75 Å². The molecule has 2 nitrogen and oxygen atoms in total. The van der Waals surface area contributed by atoms with Crippen molar-refractivity contribution in [3.63, 3.8) is 0 Å². The second kappa shape index (κ2) is 5.90. The van der Waals surface area contributed by atoms with Crippen LogP contribution in [-0.4, -0.2) is 13.7 Å². The van der Waals surface area contributed by atoms with Gasteiger partial charge in [-0.25, -0.2) is 0 Å². The summed E-state index contributed by atoms with van der Waals surface area (Å²) >= 11 is 0. The molecule has 1 N–H and O–H groups in total. The van der Waals surface area contributed by atoms with E-state index >= 15 is 0 Å². The number of ether oxygens (including phenoxy) is 1. The monoisotopic (exact) mass is 281 g/mol. The zero-order chi connectivity index (χ0) is 14.8. The normalized spacial score (nSPS) is 14.6. The van der Waals surface area contributed by atoms with Gasteiger partial charge in [0.1, 0.15) is 5.75 Å². The van der Waals surface area contributed by atoms with Crippen LogP contribution < -0.4 is 10.1 Å². The van der Waals surface area contributed by atoms with Gasteiger partial charge in [-0.3, -0.25) is 0 Å². The number of hydrogen-bond donors (Lipinski definition) is 1. The summed E-state index contributed by atoms with van der Waals surface area (Å²) in [6, 6.07) is 13.5. The highest BCUT2D eigenvalue weighted by molar-refractivity contribution is 5.46. The van der Waals surface area contributed by atoms with Gasteiger partial charge in [0.2, 0.25) is 0 Å². The number of likely N-dealkylation sites (N-methyl/N-ethyl adjacent to an activating group) is 1. The first-order chi connectivity index (χ1) is 10.2. The Bertz CT molecular complexity index is 648. The van der Waals surface area contributed by atoms with Crippen LogP contribution in [0.25, 0.3) is 0 Å². The lowest BCUT2D eigenvalue weighted by Gasteiger charge is -2.20. The van der Waals surface area contributed by atoms with E-state index in [2.05, 4.69) is 55.6 Å². The maximum atomic E-state index is 5.86. The Hall–Kier alpha value is -1.80. The minimum Gasteiger partial charge on any atom is -0.493 e. The summed E-state index contributed by atoms with van der Waals surface area (Å²) in [5, 5.41) is 3.46. The fourth-order valence-electron chi connectivity index (χ4n) is 3.12. The zero-order valence-electron chi connectivity index (χ0n) is 13.1. The van der Waals surface area contributed by atoms with E-state index in [1.54, 1.807) is 0 Å². The van der Waals surface area contributed by atoms with Crippen molar-refractivity contribution in [2.45, 2.75) is 32.7 Å². The Balaban J connectivity index is 1.93. The molecule has 0 fully saturated rings. The molecular formula is C19H23NO. The summed E-state index contributed by atoms with van der Waals surface area (Å²) in [4.78, 5) is 0. The average Bonchev–Trinajstić information content (AvgIpc) is 2.96. The van der Waals surface area contributed by atoms with Gasteiger partial charge in [0.25, 0.3) is 0 Å². The van der Waals surface area contributed by atoms with E-state index in [1.165, 1.54) is 27.8 Å². The lowest BCUT2D eigenvalue weighted by molar-refractivity contribution is 0.349. The van der Waals surface area contributed by atoms with Crippen LogP contribution >= 0.6 is 0 Å². The van der Waals surface area contributed by atoms with Crippen molar-refractivity contribution in [1.82, 2.24) is 5.32 Å². The van der Waals surface area contributed by atoms with E-state index in [-0.39, 0.29) is 0 Å². The van der Waals surface area contributed by atoms with E-state index in [9.17, 15) is 0 Å². The summed E-state index contributed by atoms with van der Waals surface area (Å²) in [5.41, 5.74) is 6.71. The molecule has 0 saturated carbocycles. The third kappa shape index (κ3) is 2.81. The van der Waals surface area contributed by atoms with Gasteiger partial charge < -0.3 is 10.1 Å². The number of hydrogen-bond acceptors (Lipinski definition) is 2. The minimum absolute atomic E-state index is 0.290. The van der Waals surface area contributed by atoms with E-state index in [4.69, 9.17) is 4.74 Å². The molecule has 1 unspecified atom stereocenters. The Morgan fingerprint density at radius 3 is 2.86 bits per heavy atom. The summed E-state index contributed by atoms with van der Waals surface area (Å²) in [6.45, 7) is 5.15. The van der Waals surface area contributed by atoms with Gasteiger partial charge in [0.15, 0.2) is 0 Å². The van der Waals surface area contributed by atoms with E-state index < -0.39 is 0 Å². The van der Waals surface area contributed by atoms with Gasteiger partial charge in [-0.05, 0) is 44.0 Å². The predicted molar refractivity (Wildman–Crippen MR) is 87.1 cm³/mol. The smallest absolute Gasteiger partial charge is 0.127 e. The molecule has 0 amide bonds. The van der Waals surface area contributed by atoms with Crippen LogP contribution in [0.4, 0.5) is 0 Å². The van der Waals surface area contributed by atoms with Crippen LogP contribution in [0.15, 0.2) is 36.4 Å². The molecule has 3 rings (SSSR count). The third-order valence-electron chi connectivity index (χ3n) is 4.40. The van der Waals surface area contributed by atoms with Gasteiger partial charge in [0, 0.05) is 18.0 Å². The molecular weight excluding hydrogens is 258 g/mol. The summed E-state index contributed by atoms with van der Waals surface area (Å²) < 4.78 is 5.86. The molecule has 1 aliphatic rings. The zero-order valence-corrected chi connectivity index (χ0v) is 13.1. The van der Waals surface area contributed by atoms with Crippen molar-refractivity contribution in [3.05, 3.63) is 64.2 Å². The number of para-hydroxylation sites is 1. The molecule has 0 aliphatic carbocycles. The Morgan fingerprint density at radius 1 is 1.19 bits per heavy atom. The van der Waals surface area contributed by atoms with Crippen LogP contribution in [0.2, 0.25) is 0 Å². The molecule has 0 radical (unpaired) electrons. The molecule has 0 spiro atoms. The standard InChI is InChI=1S/C19H23NO/c1-13-7-8-14(2)16(11-13)12-18(20-3)17-6-4-5-15-9-10-21-19(15)17/h4-8,11,18,20H,9-10,12H2,1-3H3. The highest BCUT2D eigenvalue weighted by Gasteiger charge is 2.21. The Labute approximate surface area is 127 Å². The fourth-order valence-corrected chi connectivity index (χ4v) is 3.12. The second-order valence-corrected chi connectivity index (χ2v) is 5.91. The minimum atomic E-state index is 0.290. The Kier molecular flexibility index (Phi) is 3.98. The molecule has 0 bridgehead atoms. The van der Waals surface area contributed by atoms with Crippen molar-refractivity contribution < 1.29 is 4.74 Å². The molecule has 21 heavy (non-hydrogen) atoms. The van der Waals surface area contributed by atoms with E-state index in [1.807, 2.05) is 7.05 Å². The first kappa shape index (κ1) is 14.2. The average molecular weight is 281 g/mol. The molecule has 1 heterocycles. The molecule has 1 aliphatic heterocycles. The molecule has 2 aromatic carbocycles. The number of aryl methyl sites for hydroxylation is 2. The summed E-state index contributed by atoms with van der Waals surface area (Å²) in [7, 11) is 2.03. The maximum Gasteiger partial charge on any atom is 0.127 e. The van der Waals surface area contributed by atoms with E-state index in [0.29, 0.717) is 6.04 Å². The fraction of sp³-hybridized carbons (Fsp3) is 0.368. The highest BCUT2D eigenvalue weighted by atomic mass is 16.5. The van der Waals surface area contributed by atoms with Gasteiger partial charge >= 0.3 is 0 Å².